The molecule has 0 amide bonds. The Morgan fingerprint density at radius 2 is 1.69 bits per heavy atom. The lowest BCUT2D eigenvalue weighted by Crippen LogP contribution is -2.30. The van der Waals surface area contributed by atoms with Gasteiger partial charge in [0.1, 0.15) is 5.75 Å². The maximum Gasteiger partial charge on any atom is 0.241 e. The van der Waals surface area contributed by atoms with Gasteiger partial charge in [0.2, 0.25) is 10.0 Å². The van der Waals surface area contributed by atoms with Crippen molar-refractivity contribution < 1.29 is 13.2 Å². The molecule has 4 rings (SSSR count). The molecule has 0 aliphatic heterocycles. The summed E-state index contributed by atoms with van der Waals surface area (Å²) in [6.07, 6.45) is 6.48. The van der Waals surface area contributed by atoms with E-state index in [-0.39, 0.29) is 6.04 Å². The van der Waals surface area contributed by atoms with E-state index < -0.39 is 10.0 Å². The second-order valence-electron chi connectivity index (χ2n) is 7.35. The fraction of sp³-hybridized carbons (Fsp3) is 0.429. The van der Waals surface area contributed by atoms with Gasteiger partial charge in [-0.2, -0.15) is 0 Å². The Morgan fingerprint density at radius 3 is 2.35 bits per heavy atom. The van der Waals surface area contributed by atoms with E-state index in [4.69, 9.17) is 4.74 Å². The van der Waals surface area contributed by atoms with Gasteiger partial charge in [-0.25, -0.2) is 13.1 Å². The predicted molar refractivity (Wildman–Crippen MR) is 102 cm³/mol. The van der Waals surface area contributed by atoms with Crippen molar-refractivity contribution in [1.82, 2.24) is 4.72 Å². The molecule has 0 spiro atoms. The zero-order valence-corrected chi connectivity index (χ0v) is 15.9. The van der Waals surface area contributed by atoms with Crippen LogP contribution in [0.15, 0.2) is 47.4 Å². The van der Waals surface area contributed by atoms with Crippen molar-refractivity contribution in [3.63, 3.8) is 0 Å². The number of hydrogen-bond acceptors (Lipinski definition) is 3. The van der Waals surface area contributed by atoms with E-state index in [1.54, 1.807) is 13.2 Å². The third-order valence-corrected chi connectivity index (χ3v) is 6.92. The summed E-state index contributed by atoms with van der Waals surface area (Å²) in [6.45, 7) is 0. The Hall–Kier alpha value is -1.85. The third kappa shape index (κ3) is 3.64. The molecule has 1 saturated carbocycles. The van der Waals surface area contributed by atoms with Crippen LogP contribution < -0.4 is 9.46 Å². The lowest BCUT2D eigenvalue weighted by atomic mass is 9.92. The fourth-order valence-electron chi connectivity index (χ4n) is 3.79. The zero-order chi connectivity index (χ0) is 18.1. The molecular weight excluding hydrogens is 346 g/mol. The van der Waals surface area contributed by atoms with Crippen molar-refractivity contribution in [3.8, 4) is 5.75 Å². The minimum absolute atomic E-state index is 0.179. The Kier molecular flexibility index (Phi) is 4.76. The van der Waals surface area contributed by atoms with Gasteiger partial charge in [-0.15, -0.1) is 0 Å². The number of benzene rings is 2. The standard InChI is InChI=1S/C21H25NO3S/c1-25-19-11-8-17(9-12-19)21(16-6-7-16)22-26(23,24)20-13-10-15-4-2-3-5-18(15)14-20/h8-14,16,21-22H,2-7H2,1H3. The highest BCUT2D eigenvalue weighted by Gasteiger charge is 2.35. The van der Waals surface area contributed by atoms with Crippen LogP contribution in [0.1, 0.15) is 48.4 Å². The monoisotopic (exact) mass is 371 g/mol. The molecule has 2 aromatic rings. The minimum atomic E-state index is -3.54. The average Bonchev–Trinajstić information content (AvgIpc) is 3.51. The van der Waals surface area contributed by atoms with Crippen LogP contribution in [0.2, 0.25) is 0 Å². The normalized spacial score (nSPS) is 18.2. The van der Waals surface area contributed by atoms with Crippen LogP contribution in [0.25, 0.3) is 0 Å². The molecule has 0 heterocycles. The van der Waals surface area contributed by atoms with Gasteiger partial charge in [-0.05, 0) is 85.4 Å². The van der Waals surface area contributed by atoms with Crippen LogP contribution >= 0.6 is 0 Å². The van der Waals surface area contributed by atoms with E-state index in [0.29, 0.717) is 10.8 Å². The fourth-order valence-corrected chi connectivity index (χ4v) is 5.13. The molecule has 2 aliphatic rings. The third-order valence-electron chi connectivity index (χ3n) is 5.48. The summed E-state index contributed by atoms with van der Waals surface area (Å²) in [6, 6.07) is 13.1. The molecule has 5 heteroatoms. The molecule has 2 aromatic carbocycles. The molecule has 0 bridgehead atoms. The van der Waals surface area contributed by atoms with E-state index in [1.165, 1.54) is 17.5 Å². The lowest BCUT2D eigenvalue weighted by Gasteiger charge is -2.21. The quantitative estimate of drug-likeness (QED) is 0.835. The zero-order valence-electron chi connectivity index (χ0n) is 15.1. The number of fused-ring (bicyclic) bond motifs is 1. The van der Waals surface area contributed by atoms with E-state index in [2.05, 4.69) is 4.72 Å². The largest absolute Gasteiger partial charge is 0.497 e. The smallest absolute Gasteiger partial charge is 0.241 e. The maximum absolute atomic E-state index is 13.0. The van der Waals surface area contributed by atoms with Gasteiger partial charge >= 0.3 is 0 Å². The molecule has 0 aromatic heterocycles. The predicted octanol–water partition coefficient (Wildman–Crippen LogP) is 4.00. The number of rotatable bonds is 6. The van der Waals surface area contributed by atoms with E-state index in [0.717, 1.165) is 43.4 Å². The summed E-state index contributed by atoms with van der Waals surface area (Å²) in [5.41, 5.74) is 3.48. The summed E-state index contributed by atoms with van der Waals surface area (Å²) in [5, 5.41) is 0. The number of ether oxygens (including phenoxy) is 1. The summed E-state index contributed by atoms with van der Waals surface area (Å²) < 4.78 is 34.2. The molecule has 4 nitrogen and oxygen atoms in total. The van der Waals surface area contributed by atoms with Crippen molar-refractivity contribution in [2.24, 2.45) is 5.92 Å². The van der Waals surface area contributed by atoms with Crippen molar-refractivity contribution in [2.75, 3.05) is 7.11 Å². The van der Waals surface area contributed by atoms with E-state index >= 15 is 0 Å². The van der Waals surface area contributed by atoms with Crippen molar-refractivity contribution in [3.05, 3.63) is 59.2 Å². The Morgan fingerprint density at radius 1 is 1.00 bits per heavy atom. The molecular formula is C21H25NO3S. The first-order chi connectivity index (χ1) is 12.6. The van der Waals surface area contributed by atoms with Crippen LogP contribution in [0.5, 0.6) is 5.75 Å². The van der Waals surface area contributed by atoms with Gasteiger partial charge in [0.05, 0.1) is 12.0 Å². The first kappa shape index (κ1) is 17.6. The topological polar surface area (TPSA) is 55.4 Å². The van der Waals surface area contributed by atoms with Crippen LogP contribution in [0.4, 0.5) is 0 Å². The summed E-state index contributed by atoms with van der Waals surface area (Å²) in [5.74, 6) is 1.15. The molecule has 0 saturated heterocycles. The van der Waals surface area contributed by atoms with Crippen LogP contribution in [0, 0.1) is 5.92 Å². The molecule has 1 N–H and O–H groups in total. The molecule has 2 aliphatic carbocycles. The van der Waals surface area contributed by atoms with Crippen molar-refractivity contribution >= 4 is 10.0 Å². The molecule has 0 radical (unpaired) electrons. The Bertz CT molecular complexity index is 886. The van der Waals surface area contributed by atoms with E-state index in [9.17, 15) is 8.42 Å². The van der Waals surface area contributed by atoms with Gasteiger partial charge in [-0.3, -0.25) is 0 Å². The first-order valence-corrected chi connectivity index (χ1v) is 10.8. The molecule has 1 atom stereocenters. The lowest BCUT2D eigenvalue weighted by molar-refractivity contribution is 0.414. The number of aryl methyl sites for hydroxylation is 2. The second kappa shape index (κ2) is 7.05. The van der Waals surface area contributed by atoms with Gasteiger partial charge in [0.25, 0.3) is 0 Å². The van der Waals surface area contributed by atoms with Gasteiger partial charge < -0.3 is 4.74 Å². The number of hydrogen-bond donors (Lipinski definition) is 1. The second-order valence-corrected chi connectivity index (χ2v) is 9.06. The maximum atomic E-state index is 13.0. The first-order valence-electron chi connectivity index (χ1n) is 9.35. The SMILES string of the molecule is COc1ccc(C(NS(=O)(=O)c2ccc3c(c2)CCCC3)C2CC2)cc1. The highest BCUT2D eigenvalue weighted by molar-refractivity contribution is 7.89. The number of methoxy groups -OCH3 is 1. The average molecular weight is 372 g/mol. The van der Waals surface area contributed by atoms with Crippen molar-refractivity contribution in [1.29, 1.82) is 0 Å². The molecule has 138 valence electrons. The van der Waals surface area contributed by atoms with Gasteiger partial charge in [0.15, 0.2) is 0 Å². The summed E-state index contributed by atoms with van der Waals surface area (Å²) in [7, 11) is -1.91. The Balaban J connectivity index is 1.60. The van der Waals surface area contributed by atoms with Crippen molar-refractivity contribution in [2.45, 2.75) is 49.5 Å². The molecule has 1 unspecified atom stereocenters. The Labute approximate surface area is 155 Å². The van der Waals surface area contributed by atoms with Gasteiger partial charge in [-0.1, -0.05) is 18.2 Å². The van der Waals surface area contributed by atoms with Crippen LogP contribution in [-0.2, 0) is 22.9 Å². The number of nitrogens with one attached hydrogen (secondary N) is 1. The van der Waals surface area contributed by atoms with Crippen LogP contribution in [0.3, 0.4) is 0 Å². The minimum Gasteiger partial charge on any atom is -0.497 e. The summed E-state index contributed by atoms with van der Waals surface area (Å²) in [4.78, 5) is 0.386. The van der Waals surface area contributed by atoms with Crippen LogP contribution in [-0.4, -0.2) is 15.5 Å². The summed E-state index contributed by atoms with van der Waals surface area (Å²) >= 11 is 0. The number of sulfonamides is 1. The highest BCUT2D eigenvalue weighted by atomic mass is 32.2. The highest BCUT2D eigenvalue weighted by Crippen LogP contribution is 2.42. The van der Waals surface area contributed by atoms with Gasteiger partial charge in [0, 0.05) is 6.04 Å². The van der Waals surface area contributed by atoms with E-state index in [1.807, 2.05) is 36.4 Å². The molecule has 1 fully saturated rings. The molecule has 26 heavy (non-hydrogen) atoms.